The van der Waals surface area contributed by atoms with E-state index in [9.17, 15) is 18.0 Å². The van der Waals surface area contributed by atoms with E-state index in [4.69, 9.17) is 10.8 Å². The van der Waals surface area contributed by atoms with Crippen molar-refractivity contribution >= 4 is 21.9 Å². The van der Waals surface area contributed by atoms with Crippen molar-refractivity contribution in [2.45, 2.75) is 24.2 Å². The minimum atomic E-state index is -3.75. The molecular weight excluding hydrogens is 284 g/mol. The van der Waals surface area contributed by atoms with E-state index in [1.165, 1.54) is 18.2 Å². The lowest BCUT2D eigenvalue weighted by atomic mass is 10.2. The van der Waals surface area contributed by atoms with Gasteiger partial charge >= 0.3 is 5.97 Å². The van der Waals surface area contributed by atoms with Gasteiger partial charge in [0, 0.05) is 13.0 Å². The molecule has 0 atom stereocenters. The largest absolute Gasteiger partial charge is 0.478 e. The van der Waals surface area contributed by atoms with Crippen molar-refractivity contribution in [3.8, 4) is 0 Å². The van der Waals surface area contributed by atoms with E-state index in [1.807, 2.05) is 0 Å². The van der Waals surface area contributed by atoms with Gasteiger partial charge in [-0.05, 0) is 31.0 Å². The summed E-state index contributed by atoms with van der Waals surface area (Å²) >= 11 is 0. The van der Waals surface area contributed by atoms with Crippen LogP contribution in [-0.2, 0) is 14.8 Å². The van der Waals surface area contributed by atoms with Crippen LogP contribution in [0.4, 0.5) is 0 Å². The Bertz CT molecular complexity index is 598. The number of carboxylic acid groups (broad SMARTS) is 1. The molecule has 4 N–H and O–H groups in total. The van der Waals surface area contributed by atoms with Crippen molar-refractivity contribution in [1.82, 2.24) is 4.72 Å². The molecule has 0 fully saturated rings. The Labute approximate surface area is 116 Å². The SMILES string of the molecule is NC(=O)CCCCNS(=O)(=O)c1cccc(C(=O)O)c1. The highest BCUT2D eigenvalue weighted by Crippen LogP contribution is 2.11. The van der Waals surface area contributed by atoms with Gasteiger partial charge in [-0.25, -0.2) is 17.9 Å². The molecule has 0 bridgehead atoms. The van der Waals surface area contributed by atoms with Gasteiger partial charge in [-0.15, -0.1) is 0 Å². The first-order valence-electron chi connectivity index (χ1n) is 5.94. The first kappa shape index (κ1) is 16.1. The molecule has 1 aromatic rings. The second-order valence-corrected chi connectivity index (χ2v) is 5.92. The summed E-state index contributed by atoms with van der Waals surface area (Å²) in [5.74, 6) is -1.62. The van der Waals surface area contributed by atoms with Gasteiger partial charge in [0.15, 0.2) is 0 Å². The fourth-order valence-corrected chi connectivity index (χ4v) is 2.63. The van der Waals surface area contributed by atoms with Crippen molar-refractivity contribution in [2.75, 3.05) is 6.54 Å². The molecule has 20 heavy (non-hydrogen) atoms. The van der Waals surface area contributed by atoms with Crippen molar-refractivity contribution in [2.24, 2.45) is 5.73 Å². The smallest absolute Gasteiger partial charge is 0.335 e. The Hall–Kier alpha value is -1.93. The summed E-state index contributed by atoms with van der Waals surface area (Å²) in [7, 11) is -3.75. The number of hydrogen-bond donors (Lipinski definition) is 3. The summed E-state index contributed by atoms with van der Waals surface area (Å²) in [6.07, 6.45) is 1.17. The quantitative estimate of drug-likeness (QED) is 0.596. The Morgan fingerprint density at radius 2 is 1.95 bits per heavy atom. The summed E-state index contributed by atoms with van der Waals surface area (Å²) in [6.45, 7) is 0.160. The van der Waals surface area contributed by atoms with Crippen molar-refractivity contribution in [3.05, 3.63) is 29.8 Å². The van der Waals surface area contributed by atoms with Crippen molar-refractivity contribution < 1.29 is 23.1 Å². The third kappa shape index (κ3) is 4.98. The highest BCUT2D eigenvalue weighted by atomic mass is 32.2. The molecule has 0 saturated heterocycles. The van der Waals surface area contributed by atoms with Crippen LogP contribution in [0.2, 0.25) is 0 Å². The van der Waals surface area contributed by atoms with Crippen LogP contribution in [0.15, 0.2) is 29.2 Å². The molecular formula is C12H16N2O5S. The summed E-state index contributed by atoms with van der Waals surface area (Å²) in [5, 5.41) is 8.81. The van der Waals surface area contributed by atoms with Gasteiger partial charge in [-0.1, -0.05) is 6.07 Å². The van der Waals surface area contributed by atoms with E-state index in [0.29, 0.717) is 12.8 Å². The van der Waals surface area contributed by atoms with E-state index in [-0.39, 0.29) is 23.4 Å². The van der Waals surface area contributed by atoms with Gasteiger partial charge in [-0.3, -0.25) is 4.79 Å². The Morgan fingerprint density at radius 3 is 2.55 bits per heavy atom. The number of amides is 1. The summed E-state index contributed by atoms with van der Waals surface area (Å²) < 4.78 is 26.2. The number of benzene rings is 1. The lowest BCUT2D eigenvalue weighted by Crippen LogP contribution is -2.25. The molecule has 0 heterocycles. The summed E-state index contributed by atoms with van der Waals surface area (Å²) in [4.78, 5) is 21.2. The molecule has 8 heteroatoms. The molecule has 0 radical (unpaired) electrons. The standard InChI is InChI=1S/C12H16N2O5S/c13-11(15)6-1-2-7-14-20(18,19)10-5-3-4-9(8-10)12(16)17/h3-5,8,14H,1-2,6-7H2,(H2,13,15)(H,16,17). The number of aromatic carboxylic acids is 1. The maximum absolute atomic E-state index is 11.9. The third-order valence-corrected chi connectivity index (χ3v) is 3.99. The average molecular weight is 300 g/mol. The van der Waals surface area contributed by atoms with Gasteiger partial charge in [0.25, 0.3) is 0 Å². The number of sulfonamides is 1. The van der Waals surface area contributed by atoms with Crippen LogP contribution in [0, 0.1) is 0 Å². The normalized spacial score (nSPS) is 11.2. The fraction of sp³-hybridized carbons (Fsp3) is 0.333. The minimum Gasteiger partial charge on any atom is -0.478 e. The number of rotatable bonds is 8. The predicted octanol–water partition coefficient (Wildman–Crippen LogP) is 0.319. The number of hydrogen-bond acceptors (Lipinski definition) is 4. The number of nitrogens with two attached hydrogens (primary N) is 1. The van der Waals surface area contributed by atoms with Crippen LogP contribution in [0.25, 0.3) is 0 Å². The lowest BCUT2D eigenvalue weighted by Gasteiger charge is -2.07. The Morgan fingerprint density at radius 1 is 1.25 bits per heavy atom. The number of unbranched alkanes of at least 4 members (excludes halogenated alkanes) is 1. The van der Waals surface area contributed by atoms with Gasteiger partial charge in [0.2, 0.25) is 15.9 Å². The fourth-order valence-electron chi connectivity index (χ4n) is 1.51. The van der Waals surface area contributed by atoms with E-state index in [0.717, 1.165) is 6.07 Å². The van der Waals surface area contributed by atoms with Crippen LogP contribution in [0.3, 0.4) is 0 Å². The summed E-state index contributed by atoms with van der Waals surface area (Å²) in [6, 6.07) is 5.09. The Kier molecular flexibility index (Phi) is 5.66. The van der Waals surface area contributed by atoms with Gasteiger partial charge in [0.1, 0.15) is 0 Å². The number of carbonyl (C=O) groups is 2. The molecule has 0 aliphatic heterocycles. The first-order valence-corrected chi connectivity index (χ1v) is 7.42. The molecule has 0 saturated carbocycles. The average Bonchev–Trinajstić information content (AvgIpc) is 2.38. The highest BCUT2D eigenvalue weighted by molar-refractivity contribution is 7.89. The molecule has 0 aromatic heterocycles. The van der Waals surface area contributed by atoms with Gasteiger partial charge < -0.3 is 10.8 Å². The number of primary amides is 1. The predicted molar refractivity (Wildman–Crippen MR) is 71.6 cm³/mol. The second-order valence-electron chi connectivity index (χ2n) is 4.15. The molecule has 0 aliphatic rings. The van der Waals surface area contributed by atoms with E-state index in [2.05, 4.69) is 4.72 Å². The van der Waals surface area contributed by atoms with Gasteiger partial charge in [0.05, 0.1) is 10.5 Å². The zero-order valence-electron chi connectivity index (χ0n) is 10.7. The van der Waals surface area contributed by atoms with E-state index in [1.54, 1.807) is 0 Å². The molecule has 0 unspecified atom stereocenters. The van der Waals surface area contributed by atoms with Crippen molar-refractivity contribution in [3.63, 3.8) is 0 Å². The Balaban J connectivity index is 2.62. The first-order chi connectivity index (χ1) is 9.33. The molecule has 0 spiro atoms. The number of carboxylic acids is 1. The maximum atomic E-state index is 11.9. The molecule has 0 aliphatic carbocycles. The molecule has 110 valence electrons. The lowest BCUT2D eigenvalue weighted by molar-refractivity contribution is -0.118. The molecule has 1 aromatic carbocycles. The number of carbonyl (C=O) groups excluding carboxylic acids is 1. The minimum absolute atomic E-state index is 0.0957. The maximum Gasteiger partial charge on any atom is 0.335 e. The second kappa shape index (κ2) is 7.01. The van der Waals surface area contributed by atoms with Crippen molar-refractivity contribution in [1.29, 1.82) is 0 Å². The zero-order chi connectivity index (χ0) is 15.2. The summed E-state index contributed by atoms with van der Waals surface area (Å²) in [5.41, 5.74) is 4.87. The van der Waals surface area contributed by atoms with Crippen LogP contribution < -0.4 is 10.5 Å². The molecule has 1 amide bonds. The van der Waals surface area contributed by atoms with E-state index >= 15 is 0 Å². The van der Waals surface area contributed by atoms with E-state index < -0.39 is 21.9 Å². The van der Waals surface area contributed by atoms with Gasteiger partial charge in [-0.2, -0.15) is 0 Å². The van der Waals surface area contributed by atoms with Crippen LogP contribution in [0.1, 0.15) is 29.6 Å². The molecule has 1 rings (SSSR count). The monoisotopic (exact) mass is 300 g/mol. The molecule has 7 nitrogen and oxygen atoms in total. The van der Waals surface area contributed by atoms with Crippen LogP contribution in [-0.4, -0.2) is 31.9 Å². The van der Waals surface area contributed by atoms with Crippen LogP contribution >= 0.6 is 0 Å². The topological polar surface area (TPSA) is 127 Å². The van der Waals surface area contributed by atoms with Crippen LogP contribution in [0.5, 0.6) is 0 Å². The zero-order valence-corrected chi connectivity index (χ0v) is 11.5. The third-order valence-electron chi connectivity index (χ3n) is 2.53. The number of nitrogens with one attached hydrogen (secondary N) is 1. The highest BCUT2D eigenvalue weighted by Gasteiger charge is 2.15.